The zero-order valence-corrected chi connectivity index (χ0v) is 10.8. The molecule has 3 heterocycles. The minimum atomic E-state index is 0.0120. The summed E-state index contributed by atoms with van der Waals surface area (Å²) in [6.07, 6.45) is 4.38. The predicted molar refractivity (Wildman–Crippen MR) is 70.6 cm³/mol. The van der Waals surface area contributed by atoms with Gasteiger partial charge in [0.25, 0.3) is 0 Å². The van der Waals surface area contributed by atoms with E-state index in [-0.39, 0.29) is 6.10 Å². The van der Waals surface area contributed by atoms with Gasteiger partial charge in [-0.2, -0.15) is 5.10 Å². The lowest BCUT2D eigenvalue weighted by molar-refractivity contribution is 0.0864. The first-order chi connectivity index (χ1) is 9.33. The van der Waals surface area contributed by atoms with Crippen molar-refractivity contribution in [3.8, 4) is 0 Å². The van der Waals surface area contributed by atoms with E-state index in [4.69, 9.17) is 4.74 Å². The number of aromatic amines is 1. The molecule has 0 aliphatic carbocycles. The molecular weight excluding hydrogens is 242 g/mol. The third kappa shape index (κ3) is 2.73. The zero-order valence-electron chi connectivity index (χ0n) is 10.8. The summed E-state index contributed by atoms with van der Waals surface area (Å²) in [7, 11) is 0. The summed E-state index contributed by atoms with van der Waals surface area (Å²) in [5.41, 5.74) is 2.11. The highest BCUT2D eigenvalue weighted by atomic mass is 16.5. The van der Waals surface area contributed by atoms with Crippen molar-refractivity contribution in [2.45, 2.75) is 19.4 Å². The average Bonchev–Trinajstić information content (AvgIpc) is 3.07. The molecule has 0 radical (unpaired) electrons. The van der Waals surface area contributed by atoms with Crippen molar-refractivity contribution in [3.63, 3.8) is 0 Å². The van der Waals surface area contributed by atoms with Crippen LogP contribution in [0.15, 0.2) is 24.7 Å². The minimum Gasteiger partial charge on any atom is -0.385 e. The van der Waals surface area contributed by atoms with Gasteiger partial charge in [0, 0.05) is 36.6 Å². The standard InChI is InChI=1S/C13H17N5O/c1-9-6-11(2-4-14-9)15-7-10-3-5-19-12(10)13-16-8-17-18-13/h2,4,6,8,10,12H,3,5,7H2,1H3,(H,14,15)(H,16,17,18)/t10-,12-/m0/s1. The van der Waals surface area contributed by atoms with Crippen molar-refractivity contribution >= 4 is 5.69 Å². The van der Waals surface area contributed by atoms with Crippen molar-refractivity contribution in [2.24, 2.45) is 5.92 Å². The lowest BCUT2D eigenvalue weighted by Crippen LogP contribution is -2.18. The molecule has 0 aromatic carbocycles. The Morgan fingerprint density at radius 1 is 1.47 bits per heavy atom. The third-order valence-corrected chi connectivity index (χ3v) is 3.38. The Kier molecular flexibility index (Phi) is 3.41. The van der Waals surface area contributed by atoms with Gasteiger partial charge in [0.1, 0.15) is 12.4 Å². The van der Waals surface area contributed by atoms with E-state index in [1.165, 1.54) is 6.33 Å². The van der Waals surface area contributed by atoms with Crippen LogP contribution in [0.25, 0.3) is 0 Å². The van der Waals surface area contributed by atoms with Gasteiger partial charge in [-0.25, -0.2) is 4.98 Å². The third-order valence-electron chi connectivity index (χ3n) is 3.38. The van der Waals surface area contributed by atoms with Crippen LogP contribution < -0.4 is 5.32 Å². The molecule has 1 aliphatic heterocycles. The van der Waals surface area contributed by atoms with Crippen LogP contribution in [0.2, 0.25) is 0 Å². The van der Waals surface area contributed by atoms with Crippen molar-refractivity contribution in [1.82, 2.24) is 20.2 Å². The Morgan fingerprint density at radius 2 is 2.42 bits per heavy atom. The Balaban J connectivity index is 1.63. The fourth-order valence-electron chi connectivity index (χ4n) is 2.40. The molecule has 2 aromatic rings. The number of hydrogen-bond acceptors (Lipinski definition) is 5. The quantitative estimate of drug-likeness (QED) is 0.874. The van der Waals surface area contributed by atoms with Crippen molar-refractivity contribution in [1.29, 1.82) is 0 Å². The molecule has 2 atom stereocenters. The van der Waals surface area contributed by atoms with Crippen LogP contribution in [-0.4, -0.2) is 33.3 Å². The number of nitrogens with one attached hydrogen (secondary N) is 2. The number of hydrogen-bond donors (Lipinski definition) is 2. The fourth-order valence-corrected chi connectivity index (χ4v) is 2.40. The Labute approximate surface area is 111 Å². The van der Waals surface area contributed by atoms with Crippen LogP contribution in [0.5, 0.6) is 0 Å². The second-order valence-corrected chi connectivity index (χ2v) is 4.78. The summed E-state index contributed by atoms with van der Waals surface area (Å²) in [6, 6.07) is 4.02. The van der Waals surface area contributed by atoms with E-state index in [0.717, 1.165) is 36.8 Å². The molecule has 6 heteroatoms. The second kappa shape index (κ2) is 5.36. The number of anilines is 1. The molecule has 0 bridgehead atoms. The number of rotatable bonds is 4. The lowest BCUT2D eigenvalue weighted by Gasteiger charge is -2.17. The molecule has 0 amide bonds. The van der Waals surface area contributed by atoms with Crippen molar-refractivity contribution < 1.29 is 4.74 Å². The average molecular weight is 259 g/mol. The highest BCUT2D eigenvalue weighted by Gasteiger charge is 2.31. The molecule has 2 N–H and O–H groups in total. The van der Waals surface area contributed by atoms with Gasteiger partial charge in [-0.05, 0) is 25.5 Å². The number of ether oxygens (including phenoxy) is 1. The molecule has 100 valence electrons. The van der Waals surface area contributed by atoms with Gasteiger partial charge in [0.05, 0.1) is 0 Å². The number of aromatic nitrogens is 4. The smallest absolute Gasteiger partial charge is 0.153 e. The number of pyridine rings is 1. The summed E-state index contributed by atoms with van der Waals surface area (Å²) in [6.45, 7) is 3.61. The largest absolute Gasteiger partial charge is 0.385 e. The van der Waals surface area contributed by atoms with E-state index < -0.39 is 0 Å². The maximum atomic E-state index is 5.74. The molecular formula is C13H17N5O. The van der Waals surface area contributed by atoms with Gasteiger partial charge in [0.2, 0.25) is 0 Å². The van der Waals surface area contributed by atoms with Crippen molar-refractivity contribution in [3.05, 3.63) is 36.2 Å². The van der Waals surface area contributed by atoms with Crippen LogP contribution in [-0.2, 0) is 4.74 Å². The van der Waals surface area contributed by atoms with E-state index in [0.29, 0.717) is 5.92 Å². The van der Waals surface area contributed by atoms with Crippen LogP contribution >= 0.6 is 0 Å². The first-order valence-corrected chi connectivity index (χ1v) is 6.46. The van der Waals surface area contributed by atoms with Crippen LogP contribution in [0, 0.1) is 12.8 Å². The number of nitrogens with zero attached hydrogens (tertiary/aromatic N) is 3. The summed E-state index contributed by atoms with van der Waals surface area (Å²) >= 11 is 0. The first kappa shape index (κ1) is 12.1. The zero-order chi connectivity index (χ0) is 13.1. The molecule has 0 saturated carbocycles. The molecule has 3 rings (SSSR count). The topological polar surface area (TPSA) is 75.7 Å². The van der Waals surface area contributed by atoms with Crippen LogP contribution in [0.3, 0.4) is 0 Å². The fraction of sp³-hybridized carbons (Fsp3) is 0.462. The van der Waals surface area contributed by atoms with Crippen LogP contribution in [0.1, 0.15) is 24.0 Å². The van der Waals surface area contributed by atoms with E-state index in [2.05, 4.69) is 25.5 Å². The van der Waals surface area contributed by atoms with Crippen molar-refractivity contribution in [2.75, 3.05) is 18.5 Å². The molecule has 0 unspecified atom stereocenters. The molecule has 19 heavy (non-hydrogen) atoms. The molecule has 1 aliphatic rings. The number of aryl methyl sites for hydroxylation is 1. The monoisotopic (exact) mass is 259 g/mol. The van der Waals surface area contributed by atoms with E-state index in [9.17, 15) is 0 Å². The van der Waals surface area contributed by atoms with Gasteiger partial charge >= 0.3 is 0 Å². The Hall–Kier alpha value is -1.95. The summed E-state index contributed by atoms with van der Waals surface area (Å²) in [5, 5.41) is 10.2. The number of H-pyrrole nitrogens is 1. The molecule has 1 fully saturated rings. The van der Waals surface area contributed by atoms with Gasteiger partial charge in [-0.1, -0.05) is 0 Å². The second-order valence-electron chi connectivity index (χ2n) is 4.78. The molecule has 2 aromatic heterocycles. The van der Waals surface area contributed by atoms with Gasteiger partial charge in [-0.15, -0.1) is 0 Å². The normalized spacial score (nSPS) is 22.6. The van der Waals surface area contributed by atoms with E-state index in [1.807, 2.05) is 25.3 Å². The maximum Gasteiger partial charge on any atom is 0.153 e. The predicted octanol–water partition coefficient (Wildman–Crippen LogP) is 1.70. The molecule has 0 spiro atoms. The van der Waals surface area contributed by atoms with Crippen LogP contribution in [0.4, 0.5) is 5.69 Å². The summed E-state index contributed by atoms with van der Waals surface area (Å²) in [5.74, 6) is 1.22. The van der Waals surface area contributed by atoms with Gasteiger partial charge in [0.15, 0.2) is 5.82 Å². The molecule has 1 saturated heterocycles. The Bertz CT molecular complexity index is 528. The first-order valence-electron chi connectivity index (χ1n) is 6.46. The lowest BCUT2D eigenvalue weighted by atomic mass is 10.0. The van der Waals surface area contributed by atoms with E-state index in [1.54, 1.807) is 0 Å². The summed E-state index contributed by atoms with van der Waals surface area (Å²) in [4.78, 5) is 8.38. The van der Waals surface area contributed by atoms with Gasteiger partial charge < -0.3 is 10.1 Å². The van der Waals surface area contributed by atoms with Gasteiger partial charge in [-0.3, -0.25) is 10.1 Å². The Morgan fingerprint density at radius 3 is 3.21 bits per heavy atom. The SMILES string of the molecule is Cc1cc(NC[C@@H]2CCO[C@@H]2c2ncn[nH]2)ccn1. The van der Waals surface area contributed by atoms with E-state index >= 15 is 0 Å². The minimum absolute atomic E-state index is 0.0120. The highest BCUT2D eigenvalue weighted by Crippen LogP contribution is 2.32. The molecule has 6 nitrogen and oxygen atoms in total. The maximum absolute atomic E-state index is 5.74. The summed E-state index contributed by atoms with van der Waals surface area (Å²) < 4.78 is 5.74. The highest BCUT2D eigenvalue weighted by molar-refractivity contribution is 5.42.